The minimum absolute atomic E-state index is 0.0663. The van der Waals surface area contributed by atoms with Crippen molar-refractivity contribution in [1.82, 2.24) is 0 Å². The van der Waals surface area contributed by atoms with E-state index in [2.05, 4.69) is 26.8 Å². The molecule has 0 saturated carbocycles. The summed E-state index contributed by atoms with van der Waals surface area (Å²) in [7, 11) is 0. The van der Waals surface area contributed by atoms with Crippen LogP contribution in [0.5, 0.6) is 0 Å². The van der Waals surface area contributed by atoms with Gasteiger partial charge < -0.3 is 5.73 Å². The van der Waals surface area contributed by atoms with Crippen molar-refractivity contribution >= 4 is 5.78 Å². The molecule has 0 aliphatic carbocycles. The van der Waals surface area contributed by atoms with Crippen LogP contribution < -0.4 is 5.73 Å². The molecule has 1 aromatic rings. The van der Waals surface area contributed by atoms with Gasteiger partial charge in [0.15, 0.2) is 5.78 Å². The van der Waals surface area contributed by atoms with E-state index in [0.717, 1.165) is 24.8 Å². The molecule has 1 atom stereocenters. The Hall–Kier alpha value is -1.15. The molecule has 17 heavy (non-hydrogen) atoms. The van der Waals surface area contributed by atoms with Crippen LogP contribution in [0.25, 0.3) is 0 Å². The molecule has 1 rings (SSSR count). The largest absolute Gasteiger partial charge is 0.321 e. The quantitative estimate of drug-likeness (QED) is 0.767. The van der Waals surface area contributed by atoms with E-state index in [-0.39, 0.29) is 11.8 Å². The molecule has 0 amide bonds. The second-order valence-corrected chi connectivity index (χ2v) is 5.05. The molecule has 0 spiro atoms. The van der Waals surface area contributed by atoms with Gasteiger partial charge in [0.1, 0.15) is 0 Å². The summed E-state index contributed by atoms with van der Waals surface area (Å²) < 4.78 is 0. The summed E-state index contributed by atoms with van der Waals surface area (Å²) >= 11 is 0. The fraction of sp³-hybridized carbons (Fsp3) is 0.533. The smallest absolute Gasteiger partial charge is 0.179 e. The fourth-order valence-electron chi connectivity index (χ4n) is 2.00. The maximum atomic E-state index is 12.1. The monoisotopic (exact) mass is 233 g/mol. The molecule has 0 fully saturated rings. The molecule has 0 saturated heterocycles. The number of carbonyl (C=O) groups excluding carboxylic acids is 1. The van der Waals surface area contributed by atoms with Crippen molar-refractivity contribution in [3.05, 3.63) is 35.4 Å². The molecule has 0 bridgehead atoms. The first-order valence-electron chi connectivity index (χ1n) is 6.43. The van der Waals surface area contributed by atoms with Gasteiger partial charge in [-0.15, -0.1) is 0 Å². The molecule has 0 aliphatic rings. The van der Waals surface area contributed by atoms with Crippen LogP contribution in [0.3, 0.4) is 0 Å². The summed E-state index contributed by atoms with van der Waals surface area (Å²) in [6.07, 6.45) is 2.85. The number of nitrogens with two attached hydrogens (primary N) is 1. The van der Waals surface area contributed by atoms with E-state index >= 15 is 0 Å². The van der Waals surface area contributed by atoms with Crippen molar-refractivity contribution in [1.29, 1.82) is 0 Å². The summed E-state index contributed by atoms with van der Waals surface area (Å²) in [4.78, 5) is 12.1. The van der Waals surface area contributed by atoms with E-state index < -0.39 is 0 Å². The van der Waals surface area contributed by atoms with Crippen molar-refractivity contribution in [3.8, 4) is 0 Å². The molecule has 0 aromatic heterocycles. The van der Waals surface area contributed by atoms with E-state index in [1.165, 1.54) is 5.56 Å². The Labute approximate surface area is 104 Å². The Bertz CT molecular complexity index is 371. The molecule has 0 radical (unpaired) electrons. The lowest BCUT2D eigenvalue weighted by Crippen LogP contribution is -2.31. The summed E-state index contributed by atoms with van der Waals surface area (Å²) in [5.74, 6) is 0.518. The summed E-state index contributed by atoms with van der Waals surface area (Å²) in [6, 6.07) is 7.48. The first kappa shape index (κ1) is 13.9. The van der Waals surface area contributed by atoms with Gasteiger partial charge in [-0.1, -0.05) is 45.4 Å². The van der Waals surface area contributed by atoms with Gasteiger partial charge in [-0.2, -0.15) is 0 Å². The van der Waals surface area contributed by atoms with E-state index in [4.69, 9.17) is 5.73 Å². The first-order valence-corrected chi connectivity index (χ1v) is 6.43. The van der Waals surface area contributed by atoms with Crippen LogP contribution in [0.1, 0.15) is 49.5 Å². The lowest BCUT2D eigenvalue weighted by molar-refractivity contribution is 0.0951. The van der Waals surface area contributed by atoms with Crippen molar-refractivity contribution < 1.29 is 4.79 Å². The van der Waals surface area contributed by atoms with Crippen molar-refractivity contribution in [2.75, 3.05) is 0 Å². The molecule has 94 valence electrons. The highest BCUT2D eigenvalue weighted by atomic mass is 16.1. The van der Waals surface area contributed by atoms with Gasteiger partial charge in [0, 0.05) is 5.56 Å². The van der Waals surface area contributed by atoms with E-state index in [1.54, 1.807) is 0 Å². The number of aryl methyl sites for hydroxylation is 1. The van der Waals surface area contributed by atoms with Gasteiger partial charge in [0.25, 0.3) is 0 Å². The lowest BCUT2D eigenvalue weighted by Gasteiger charge is -2.13. The molecular weight excluding hydrogens is 210 g/mol. The molecule has 2 heteroatoms. The summed E-state index contributed by atoms with van der Waals surface area (Å²) in [5, 5.41) is 0. The highest BCUT2D eigenvalue weighted by molar-refractivity contribution is 6.00. The Kier molecular flexibility index (Phi) is 5.36. The second kappa shape index (κ2) is 6.55. The molecule has 1 unspecified atom stereocenters. The van der Waals surface area contributed by atoms with Crippen LogP contribution in [0, 0.1) is 5.92 Å². The standard InChI is InChI=1S/C15H23NO/c1-4-6-12-7-5-8-13(10-12)15(17)14(16)9-11(2)3/h5,7-8,10-11,14H,4,6,9,16H2,1-3H3. The third-order valence-electron chi connectivity index (χ3n) is 2.81. The topological polar surface area (TPSA) is 43.1 Å². The molecule has 2 nitrogen and oxygen atoms in total. The van der Waals surface area contributed by atoms with Gasteiger partial charge in [0.2, 0.25) is 0 Å². The summed E-state index contributed by atoms with van der Waals surface area (Å²) in [6.45, 7) is 6.31. The van der Waals surface area contributed by atoms with Crippen molar-refractivity contribution in [3.63, 3.8) is 0 Å². The third kappa shape index (κ3) is 4.31. The highest BCUT2D eigenvalue weighted by Crippen LogP contribution is 2.12. The predicted octanol–water partition coefficient (Wildman–Crippen LogP) is 3.20. The van der Waals surface area contributed by atoms with Gasteiger partial charge in [-0.25, -0.2) is 0 Å². The Morgan fingerprint density at radius 1 is 1.35 bits per heavy atom. The molecule has 1 aromatic carbocycles. The van der Waals surface area contributed by atoms with Gasteiger partial charge in [-0.3, -0.25) is 4.79 Å². The number of Topliss-reactive ketones (excluding diaryl/α,β-unsaturated/α-hetero) is 1. The number of carbonyl (C=O) groups is 1. The molecule has 0 heterocycles. The third-order valence-corrected chi connectivity index (χ3v) is 2.81. The zero-order valence-electron chi connectivity index (χ0n) is 11.1. The van der Waals surface area contributed by atoms with Crippen molar-refractivity contribution in [2.45, 2.75) is 46.1 Å². The molecule has 0 aliphatic heterocycles. The number of ketones is 1. The molecule has 2 N–H and O–H groups in total. The van der Waals surface area contributed by atoms with E-state index in [0.29, 0.717) is 5.92 Å². The number of hydrogen-bond donors (Lipinski definition) is 1. The van der Waals surface area contributed by atoms with Crippen LogP contribution in [0.15, 0.2) is 24.3 Å². The van der Waals surface area contributed by atoms with E-state index in [1.807, 2.05) is 18.2 Å². The highest BCUT2D eigenvalue weighted by Gasteiger charge is 2.16. The van der Waals surface area contributed by atoms with Crippen LogP contribution in [-0.2, 0) is 6.42 Å². The average molecular weight is 233 g/mol. The number of rotatable bonds is 6. The minimum atomic E-state index is -0.369. The first-order chi connectivity index (χ1) is 8.04. The SMILES string of the molecule is CCCc1cccc(C(=O)C(N)CC(C)C)c1. The van der Waals surface area contributed by atoms with Crippen molar-refractivity contribution in [2.24, 2.45) is 11.7 Å². The number of benzene rings is 1. The Balaban J connectivity index is 2.77. The van der Waals surface area contributed by atoms with Gasteiger partial charge in [-0.05, 0) is 30.4 Å². The normalized spacial score (nSPS) is 12.8. The second-order valence-electron chi connectivity index (χ2n) is 5.05. The Morgan fingerprint density at radius 3 is 2.65 bits per heavy atom. The average Bonchev–Trinajstić information content (AvgIpc) is 2.28. The zero-order valence-corrected chi connectivity index (χ0v) is 11.1. The van der Waals surface area contributed by atoms with Crippen LogP contribution in [0.2, 0.25) is 0 Å². The van der Waals surface area contributed by atoms with Crippen LogP contribution in [0.4, 0.5) is 0 Å². The Morgan fingerprint density at radius 2 is 2.06 bits per heavy atom. The minimum Gasteiger partial charge on any atom is -0.321 e. The van der Waals surface area contributed by atoms with Crippen LogP contribution in [-0.4, -0.2) is 11.8 Å². The maximum Gasteiger partial charge on any atom is 0.179 e. The van der Waals surface area contributed by atoms with Gasteiger partial charge >= 0.3 is 0 Å². The zero-order chi connectivity index (χ0) is 12.8. The number of hydrogen-bond acceptors (Lipinski definition) is 2. The molecular formula is C15H23NO. The van der Waals surface area contributed by atoms with Gasteiger partial charge in [0.05, 0.1) is 6.04 Å². The lowest BCUT2D eigenvalue weighted by atomic mass is 9.95. The van der Waals surface area contributed by atoms with E-state index in [9.17, 15) is 4.79 Å². The van der Waals surface area contributed by atoms with Crippen LogP contribution >= 0.6 is 0 Å². The predicted molar refractivity (Wildman–Crippen MR) is 72.2 cm³/mol. The fourth-order valence-corrected chi connectivity index (χ4v) is 2.00. The maximum absolute atomic E-state index is 12.1. The summed E-state index contributed by atoms with van der Waals surface area (Å²) in [5.41, 5.74) is 7.90.